The molecule has 1 fully saturated rings. The summed E-state index contributed by atoms with van der Waals surface area (Å²) in [6.45, 7) is 1.00. The lowest BCUT2D eigenvalue weighted by Crippen LogP contribution is -2.15. The summed E-state index contributed by atoms with van der Waals surface area (Å²) >= 11 is 7.31. The van der Waals surface area contributed by atoms with Gasteiger partial charge in [0.1, 0.15) is 15.9 Å². The predicted molar refractivity (Wildman–Crippen MR) is 134 cm³/mol. The number of hydrogen-bond donors (Lipinski definition) is 1. The van der Waals surface area contributed by atoms with Crippen LogP contribution >= 0.6 is 22.9 Å². The van der Waals surface area contributed by atoms with Crippen LogP contribution in [0.2, 0.25) is 5.15 Å². The van der Waals surface area contributed by atoms with Crippen LogP contribution in [0.4, 0.5) is 10.1 Å². The maximum Gasteiger partial charge on any atom is 0.274 e. The molecule has 2 aromatic carbocycles. The number of carbonyl (C=O) groups excluding carboxylic acids is 1. The lowest BCUT2D eigenvalue weighted by molar-refractivity contribution is 0.102. The number of para-hydroxylation sites is 1. The van der Waals surface area contributed by atoms with Crippen molar-refractivity contribution in [1.29, 1.82) is 0 Å². The maximum atomic E-state index is 14.9. The van der Waals surface area contributed by atoms with E-state index in [-0.39, 0.29) is 21.7 Å². The van der Waals surface area contributed by atoms with Crippen molar-refractivity contribution >= 4 is 40.4 Å². The fourth-order valence-corrected chi connectivity index (χ4v) is 4.68. The summed E-state index contributed by atoms with van der Waals surface area (Å²) in [5.41, 5.74) is 2.67. The molecule has 1 aliphatic heterocycles. The second kappa shape index (κ2) is 10.4. The van der Waals surface area contributed by atoms with E-state index in [4.69, 9.17) is 16.3 Å². The minimum absolute atomic E-state index is 0.118. The van der Waals surface area contributed by atoms with Gasteiger partial charge in [-0.2, -0.15) is 0 Å². The molecule has 0 atom stereocenters. The highest BCUT2D eigenvalue weighted by Crippen LogP contribution is 2.35. The molecule has 0 spiro atoms. The number of anilines is 1. The normalized spacial score (nSPS) is 13.5. The van der Waals surface area contributed by atoms with E-state index in [2.05, 4.69) is 25.5 Å². The number of aromatic nitrogens is 4. The van der Waals surface area contributed by atoms with Crippen molar-refractivity contribution in [2.45, 2.75) is 12.8 Å². The maximum absolute atomic E-state index is 14.9. The summed E-state index contributed by atoms with van der Waals surface area (Å²) in [4.78, 5) is 21.7. The second-order valence-electron chi connectivity index (χ2n) is 7.71. The van der Waals surface area contributed by atoms with E-state index >= 15 is 0 Å². The van der Waals surface area contributed by atoms with Gasteiger partial charge in [-0.25, -0.2) is 14.4 Å². The first kappa shape index (κ1) is 23.2. The molecule has 1 N–H and O–H groups in total. The molecule has 1 saturated heterocycles. The van der Waals surface area contributed by atoms with Crippen LogP contribution in [0.15, 0.2) is 66.2 Å². The minimum atomic E-state index is -0.459. The molecule has 0 aliphatic carbocycles. The number of benzene rings is 2. The van der Waals surface area contributed by atoms with Crippen molar-refractivity contribution in [2.75, 3.05) is 18.5 Å². The van der Waals surface area contributed by atoms with E-state index in [9.17, 15) is 9.18 Å². The molecular weight excluding hydrogens is 489 g/mol. The van der Waals surface area contributed by atoms with Crippen LogP contribution in [0, 0.1) is 0 Å². The molecule has 1 amide bonds. The van der Waals surface area contributed by atoms with E-state index in [0.717, 1.165) is 16.9 Å². The van der Waals surface area contributed by atoms with E-state index in [1.807, 2.05) is 36.4 Å². The standard InChI is InChI=1S/C25H19ClFN5O2S/c26-20-14-19(28-22(30-20)16-6-2-1-3-7-16)23(33)29-18-9-5-4-8-17(18)24-31-32-25(35-24)21(27)15-10-12-34-13-11-15/h1-9,14H,10-13H2,(H,29,33). The van der Waals surface area contributed by atoms with Crippen LogP contribution in [-0.2, 0) is 4.74 Å². The highest BCUT2D eigenvalue weighted by molar-refractivity contribution is 7.15. The van der Waals surface area contributed by atoms with Gasteiger partial charge in [0.2, 0.25) is 0 Å². The molecule has 0 radical (unpaired) electrons. The first-order valence-electron chi connectivity index (χ1n) is 10.9. The Balaban J connectivity index is 1.42. The monoisotopic (exact) mass is 507 g/mol. The van der Waals surface area contributed by atoms with Crippen molar-refractivity contribution in [2.24, 2.45) is 0 Å². The van der Waals surface area contributed by atoms with Crippen molar-refractivity contribution in [3.05, 3.63) is 82.1 Å². The molecule has 4 aromatic rings. The van der Waals surface area contributed by atoms with Crippen LogP contribution in [-0.4, -0.2) is 39.3 Å². The van der Waals surface area contributed by atoms with Crippen molar-refractivity contribution in [3.63, 3.8) is 0 Å². The van der Waals surface area contributed by atoms with Gasteiger partial charge in [-0.05, 0) is 30.5 Å². The Morgan fingerprint density at radius 3 is 2.54 bits per heavy atom. The van der Waals surface area contributed by atoms with Gasteiger partial charge in [0.25, 0.3) is 5.91 Å². The van der Waals surface area contributed by atoms with Crippen LogP contribution in [0.25, 0.3) is 27.8 Å². The van der Waals surface area contributed by atoms with E-state index in [1.54, 1.807) is 18.2 Å². The van der Waals surface area contributed by atoms with Gasteiger partial charge in [0.05, 0.1) is 18.9 Å². The third-order valence-corrected chi connectivity index (χ3v) is 6.53. The third-order valence-electron chi connectivity index (χ3n) is 5.38. The number of rotatable bonds is 5. The number of halogens is 2. The van der Waals surface area contributed by atoms with Gasteiger partial charge in [-0.3, -0.25) is 4.79 Å². The molecule has 0 saturated carbocycles. The number of carbonyl (C=O) groups is 1. The number of nitrogens with one attached hydrogen (secondary N) is 1. The van der Waals surface area contributed by atoms with E-state index in [0.29, 0.717) is 53.7 Å². The van der Waals surface area contributed by atoms with Crippen molar-refractivity contribution in [1.82, 2.24) is 20.2 Å². The highest BCUT2D eigenvalue weighted by atomic mass is 35.5. The Hall–Kier alpha value is -3.53. The molecule has 176 valence electrons. The zero-order valence-corrected chi connectivity index (χ0v) is 19.9. The quantitative estimate of drug-likeness (QED) is 0.330. The Labute approximate surface area is 209 Å². The first-order valence-corrected chi connectivity index (χ1v) is 12.1. The number of hydrogen-bond acceptors (Lipinski definition) is 7. The lowest BCUT2D eigenvalue weighted by atomic mass is 10.1. The molecular formula is C25H19ClFN5O2S. The summed E-state index contributed by atoms with van der Waals surface area (Å²) in [7, 11) is 0. The molecule has 10 heteroatoms. The SMILES string of the molecule is O=C(Nc1ccccc1-c1nnc(C(F)=C2CCOCC2)s1)c1cc(Cl)nc(-c2ccccc2)n1. The average molecular weight is 508 g/mol. The fraction of sp³-hybridized carbons (Fsp3) is 0.160. The lowest BCUT2D eigenvalue weighted by Gasteiger charge is -2.14. The topological polar surface area (TPSA) is 89.9 Å². The zero-order chi connectivity index (χ0) is 24.2. The zero-order valence-electron chi connectivity index (χ0n) is 18.4. The van der Waals surface area contributed by atoms with Crippen molar-refractivity contribution < 1.29 is 13.9 Å². The number of ether oxygens (including phenoxy) is 1. The highest BCUT2D eigenvalue weighted by Gasteiger charge is 2.20. The predicted octanol–water partition coefficient (Wildman–Crippen LogP) is 6.06. The fourth-order valence-electron chi connectivity index (χ4n) is 3.62. The largest absolute Gasteiger partial charge is 0.381 e. The van der Waals surface area contributed by atoms with Crippen LogP contribution in [0.5, 0.6) is 0 Å². The van der Waals surface area contributed by atoms with E-state index in [1.165, 1.54) is 6.07 Å². The Bertz CT molecular complexity index is 1400. The Morgan fingerprint density at radius 2 is 1.74 bits per heavy atom. The first-order chi connectivity index (χ1) is 17.1. The smallest absolute Gasteiger partial charge is 0.274 e. The minimum Gasteiger partial charge on any atom is -0.381 e. The van der Waals surface area contributed by atoms with Crippen LogP contribution in [0.1, 0.15) is 28.3 Å². The van der Waals surface area contributed by atoms with Crippen LogP contribution in [0.3, 0.4) is 0 Å². The summed E-state index contributed by atoms with van der Waals surface area (Å²) in [6.07, 6.45) is 1.08. The van der Waals surface area contributed by atoms with E-state index < -0.39 is 5.91 Å². The summed E-state index contributed by atoms with van der Waals surface area (Å²) in [5.74, 6) is -0.455. The van der Waals surface area contributed by atoms with Gasteiger partial charge in [-0.15, -0.1) is 10.2 Å². The third kappa shape index (κ3) is 5.27. The van der Waals surface area contributed by atoms with Gasteiger partial charge in [0.15, 0.2) is 16.7 Å². The Morgan fingerprint density at radius 1 is 1.00 bits per heavy atom. The average Bonchev–Trinajstić information content (AvgIpc) is 3.39. The van der Waals surface area contributed by atoms with Gasteiger partial charge >= 0.3 is 0 Å². The van der Waals surface area contributed by atoms with Gasteiger partial charge in [0, 0.05) is 17.2 Å². The Kier molecular flexibility index (Phi) is 6.89. The molecule has 7 nitrogen and oxygen atoms in total. The molecule has 2 aromatic heterocycles. The van der Waals surface area contributed by atoms with Crippen LogP contribution < -0.4 is 5.32 Å². The summed E-state index contributed by atoms with van der Waals surface area (Å²) in [6, 6.07) is 17.8. The molecule has 5 rings (SSSR count). The number of amides is 1. The second-order valence-corrected chi connectivity index (χ2v) is 9.07. The van der Waals surface area contributed by atoms with Crippen molar-refractivity contribution in [3.8, 4) is 22.0 Å². The molecule has 0 unspecified atom stereocenters. The summed E-state index contributed by atoms with van der Waals surface area (Å²) < 4.78 is 20.2. The number of nitrogens with zero attached hydrogens (tertiary/aromatic N) is 4. The molecule has 0 bridgehead atoms. The summed E-state index contributed by atoms with van der Waals surface area (Å²) in [5, 5.41) is 11.9. The molecule has 3 heterocycles. The molecule has 35 heavy (non-hydrogen) atoms. The molecule has 1 aliphatic rings. The van der Waals surface area contributed by atoms with Gasteiger partial charge < -0.3 is 10.1 Å². The van der Waals surface area contributed by atoms with Gasteiger partial charge in [-0.1, -0.05) is 65.4 Å².